The van der Waals surface area contributed by atoms with Gasteiger partial charge in [-0.25, -0.2) is 0 Å². The lowest BCUT2D eigenvalue weighted by Gasteiger charge is -2.31. The fourth-order valence-electron chi connectivity index (χ4n) is 4.65. The Balaban J connectivity index is 1.50. The first kappa shape index (κ1) is 17.9. The molecule has 0 unspecified atom stereocenters. The van der Waals surface area contributed by atoms with Gasteiger partial charge in [0.15, 0.2) is 0 Å². The summed E-state index contributed by atoms with van der Waals surface area (Å²) in [5, 5.41) is 2.69. The minimum atomic E-state index is -0.0722. The van der Waals surface area contributed by atoms with Crippen molar-refractivity contribution in [2.24, 2.45) is 5.41 Å². The van der Waals surface area contributed by atoms with Crippen LogP contribution >= 0.6 is 0 Å². The molecule has 0 aromatic heterocycles. The number of nitrogens with one attached hydrogen (secondary N) is 1. The molecule has 142 valence electrons. The third-order valence-electron chi connectivity index (χ3n) is 6.15. The Kier molecular flexibility index (Phi) is 4.35. The number of rotatable bonds is 4. The summed E-state index contributed by atoms with van der Waals surface area (Å²) < 4.78 is 0. The lowest BCUT2D eigenvalue weighted by atomic mass is 9.72. The van der Waals surface area contributed by atoms with E-state index in [2.05, 4.69) is 84.9 Å². The van der Waals surface area contributed by atoms with Crippen molar-refractivity contribution in [2.45, 2.75) is 12.8 Å². The van der Waals surface area contributed by atoms with Crippen LogP contribution < -0.4 is 5.32 Å². The van der Waals surface area contributed by atoms with Gasteiger partial charge in [-0.2, -0.15) is 0 Å². The molecule has 2 nitrogen and oxygen atoms in total. The summed E-state index contributed by atoms with van der Waals surface area (Å²) in [6.45, 7) is 0. The molecule has 5 rings (SSSR count). The van der Waals surface area contributed by atoms with Gasteiger partial charge in [0.05, 0.1) is 0 Å². The van der Waals surface area contributed by atoms with Crippen LogP contribution in [0.2, 0.25) is 0 Å². The summed E-state index contributed by atoms with van der Waals surface area (Å²) in [6.07, 6.45) is 9.04. The fraction of sp³-hybridized carbons (Fsp3) is 0.148. The second-order valence-corrected chi connectivity index (χ2v) is 8.00. The Morgan fingerprint density at radius 2 is 1.59 bits per heavy atom. The maximum Gasteiger partial charge on any atom is 0.251 e. The highest BCUT2D eigenvalue weighted by molar-refractivity contribution is 5.93. The van der Waals surface area contributed by atoms with Gasteiger partial charge in [0, 0.05) is 30.9 Å². The summed E-state index contributed by atoms with van der Waals surface area (Å²) >= 11 is 0. The van der Waals surface area contributed by atoms with Crippen molar-refractivity contribution >= 4 is 12.0 Å². The van der Waals surface area contributed by atoms with Gasteiger partial charge in [0.2, 0.25) is 0 Å². The minimum Gasteiger partial charge on any atom is -0.355 e. The van der Waals surface area contributed by atoms with E-state index in [1.807, 2.05) is 12.1 Å². The van der Waals surface area contributed by atoms with E-state index < -0.39 is 0 Å². The average Bonchev–Trinajstić information content (AvgIpc) is 3.36. The minimum absolute atomic E-state index is 0.0478. The largest absolute Gasteiger partial charge is 0.355 e. The Labute approximate surface area is 172 Å². The topological polar surface area (TPSA) is 29.1 Å². The van der Waals surface area contributed by atoms with Crippen molar-refractivity contribution in [3.05, 3.63) is 125 Å². The predicted octanol–water partition coefficient (Wildman–Crippen LogP) is 5.03. The molecule has 2 aliphatic rings. The first-order valence-electron chi connectivity index (χ1n) is 10.1. The summed E-state index contributed by atoms with van der Waals surface area (Å²) in [7, 11) is 1.66. The van der Waals surface area contributed by atoms with Crippen LogP contribution in [-0.4, -0.2) is 13.0 Å². The van der Waals surface area contributed by atoms with Crippen LogP contribution in [0.15, 0.2) is 78.4 Å². The third-order valence-corrected chi connectivity index (χ3v) is 6.15. The molecular formula is C27H23NO. The van der Waals surface area contributed by atoms with Gasteiger partial charge < -0.3 is 5.32 Å². The summed E-state index contributed by atoms with van der Waals surface area (Å²) in [5.41, 5.74) is 8.55. The van der Waals surface area contributed by atoms with Crippen LogP contribution in [0.5, 0.6) is 0 Å². The van der Waals surface area contributed by atoms with E-state index in [-0.39, 0.29) is 11.3 Å². The molecule has 3 aromatic rings. The van der Waals surface area contributed by atoms with E-state index in [4.69, 9.17) is 0 Å². The molecule has 1 atom stereocenters. The Morgan fingerprint density at radius 3 is 2.28 bits per heavy atom. The number of hydrogen-bond donors (Lipinski definition) is 1. The molecule has 0 aliphatic heterocycles. The lowest BCUT2D eigenvalue weighted by molar-refractivity contribution is 0.0963. The average molecular weight is 377 g/mol. The maximum absolute atomic E-state index is 11.9. The molecule has 0 spiro atoms. The Bertz CT molecular complexity index is 1080. The second-order valence-electron chi connectivity index (χ2n) is 8.00. The molecular weight excluding hydrogens is 354 g/mol. The molecule has 0 fully saturated rings. The zero-order valence-electron chi connectivity index (χ0n) is 16.5. The number of carbonyl (C=O) groups is 1. The summed E-state index contributed by atoms with van der Waals surface area (Å²) in [6, 6.07) is 25.3. The SMILES string of the molecule is CNC(=O)c1ccc(C[C@@]2(C3=Cc4ccccc4[CH]3)[CH]c3ccccc3C2)cc1. The Morgan fingerprint density at radius 1 is 0.897 bits per heavy atom. The van der Waals surface area contributed by atoms with Crippen molar-refractivity contribution in [3.63, 3.8) is 0 Å². The third kappa shape index (κ3) is 3.19. The quantitative estimate of drug-likeness (QED) is 0.679. The van der Waals surface area contributed by atoms with Crippen LogP contribution in [0.25, 0.3) is 6.08 Å². The highest BCUT2D eigenvalue weighted by Gasteiger charge is 2.42. The Hall–Kier alpha value is -3.13. The zero-order valence-corrected chi connectivity index (χ0v) is 16.5. The van der Waals surface area contributed by atoms with Crippen LogP contribution in [0, 0.1) is 18.3 Å². The molecule has 1 amide bonds. The zero-order chi connectivity index (χ0) is 19.8. The number of fused-ring (bicyclic) bond motifs is 2. The normalized spacial score (nSPS) is 16.1. The first-order valence-corrected chi connectivity index (χ1v) is 10.1. The van der Waals surface area contributed by atoms with E-state index in [9.17, 15) is 4.79 Å². The van der Waals surface area contributed by atoms with Crippen molar-refractivity contribution in [1.82, 2.24) is 5.32 Å². The van der Waals surface area contributed by atoms with Gasteiger partial charge in [0.1, 0.15) is 0 Å². The van der Waals surface area contributed by atoms with Crippen molar-refractivity contribution in [1.29, 1.82) is 0 Å². The standard InChI is InChI=1S/C27H23NO/c1-28-26(29)20-12-10-19(11-13-20)16-27(17-23-8-4-5-9-24(23)18-27)25-14-21-6-2-3-7-22(21)15-25/h2-15,17H,16,18H2,1H3,(H,28,29)/t27-/m1/s1. The molecule has 2 radical (unpaired) electrons. The maximum atomic E-state index is 11.9. The molecule has 0 saturated carbocycles. The molecule has 0 heterocycles. The molecule has 2 heteroatoms. The van der Waals surface area contributed by atoms with Crippen LogP contribution in [-0.2, 0) is 12.8 Å². The number of carbonyl (C=O) groups excluding carboxylic acids is 1. The monoisotopic (exact) mass is 377 g/mol. The molecule has 2 aliphatic carbocycles. The summed E-state index contributed by atoms with van der Waals surface area (Å²) in [4.78, 5) is 11.9. The van der Waals surface area contributed by atoms with E-state index in [1.54, 1.807) is 7.05 Å². The van der Waals surface area contributed by atoms with Crippen molar-refractivity contribution in [3.8, 4) is 0 Å². The molecule has 29 heavy (non-hydrogen) atoms. The van der Waals surface area contributed by atoms with Gasteiger partial charge in [-0.3, -0.25) is 4.79 Å². The van der Waals surface area contributed by atoms with Crippen molar-refractivity contribution < 1.29 is 4.79 Å². The number of amides is 1. The van der Waals surface area contributed by atoms with Gasteiger partial charge in [-0.15, -0.1) is 0 Å². The number of allylic oxidation sites excluding steroid dienone is 1. The van der Waals surface area contributed by atoms with E-state index in [0.29, 0.717) is 5.56 Å². The smallest absolute Gasteiger partial charge is 0.251 e. The van der Waals surface area contributed by atoms with Gasteiger partial charge in [-0.1, -0.05) is 72.3 Å². The lowest BCUT2D eigenvalue weighted by Crippen LogP contribution is -2.26. The van der Waals surface area contributed by atoms with E-state index >= 15 is 0 Å². The first-order chi connectivity index (χ1) is 14.2. The molecule has 1 N–H and O–H groups in total. The number of hydrogen-bond acceptors (Lipinski definition) is 1. The van der Waals surface area contributed by atoms with Crippen LogP contribution in [0.3, 0.4) is 0 Å². The van der Waals surface area contributed by atoms with E-state index in [0.717, 1.165) is 12.8 Å². The van der Waals surface area contributed by atoms with Crippen LogP contribution in [0.1, 0.15) is 38.2 Å². The highest BCUT2D eigenvalue weighted by Crippen LogP contribution is 2.50. The molecule has 3 aromatic carbocycles. The fourth-order valence-corrected chi connectivity index (χ4v) is 4.65. The molecule has 0 saturated heterocycles. The number of benzene rings is 3. The van der Waals surface area contributed by atoms with Gasteiger partial charge in [-0.05, 0) is 52.8 Å². The van der Waals surface area contributed by atoms with Crippen LogP contribution in [0.4, 0.5) is 0 Å². The predicted molar refractivity (Wildman–Crippen MR) is 117 cm³/mol. The van der Waals surface area contributed by atoms with Gasteiger partial charge >= 0.3 is 0 Å². The van der Waals surface area contributed by atoms with E-state index in [1.165, 1.54) is 33.4 Å². The van der Waals surface area contributed by atoms with Crippen molar-refractivity contribution in [2.75, 3.05) is 7.05 Å². The second kappa shape index (κ2) is 7.04. The molecule has 0 bridgehead atoms. The summed E-state index contributed by atoms with van der Waals surface area (Å²) in [5.74, 6) is -0.0478. The highest BCUT2D eigenvalue weighted by atomic mass is 16.1. The van der Waals surface area contributed by atoms with Gasteiger partial charge in [0.25, 0.3) is 5.91 Å².